The quantitative estimate of drug-likeness (QED) is 0.266. The molecule has 176 valence electrons. The molecule has 3 rings (SSSR count). The third-order valence-electron chi connectivity index (χ3n) is 4.64. The van der Waals surface area contributed by atoms with E-state index in [1.54, 1.807) is 30.3 Å². The highest BCUT2D eigenvalue weighted by atomic mass is 32.2. The van der Waals surface area contributed by atoms with Crippen LogP contribution in [0.25, 0.3) is 6.08 Å². The van der Waals surface area contributed by atoms with Crippen molar-refractivity contribution in [3.8, 4) is 11.5 Å². The molecule has 0 aliphatic rings. The predicted octanol–water partition coefficient (Wildman–Crippen LogP) is 4.06. The molecule has 0 aliphatic carbocycles. The zero-order valence-corrected chi connectivity index (χ0v) is 19.0. The van der Waals surface area contributed by atoms with Gasteiger partial charge in [0.1, 0.15) is 11.5 Å². The summed E-state index contributed by atoms with van der Waals surface area (Å²) in [6.45, 7) is 0. The average molecular weight is 484 g/mol. The lowest BCUT2D eigenvalue weighted by molar-refractivity contribution is -0.385. The highest BCUT2D eigenvalue weighted by Gasteiger charge is 2.19. The Morgan fingerprint density at radius 3 is 2.29 bits per heavy atom. The van der Waals surface area contributed by atoms with Crippen molar-refractivity contribution >= 4 is 39.1 Å². The normalized spacial score (nSPS) is 11.1. The van der Waals surface area contributed by atoms with Gasteiger partial charge in [-0.3, -0.25) is 19.6 Å². The lowest BCUT2D eigenvalue weighted by Gasteiger charge is -2.14. The number of sulfonamides is 1. The molecule has 0 saturated carbocycles. The SMILES string of the molecule is COc1ccc(S(=O)(=O)Nc2ccccc2OC)cc1NC(=O)/C=C/c1ccccc1[N+](=O)[O-]. The summed E-state index contributed by atoms with van der Waals surface area (Å²) >= 11 is 0. The van der Waals surface area contributed by atoms with Gasteiger partial charge in [-0.05, 0) is 42.5 Å². The molecule has 0 radical (unpaired) electrons. The van der Waals surface area contributed by atoms with E-state index < -0.39 is 20.9 Å². The maximum absolute atomic E-state index is 12.9. The van der Waals surface area contributed by atoms with Crippen LogP contribution in [0.2, 0.25) is 0 Å². The summed E-state index contributed by atoms with van der Waals surface area (Å²) in [6, 6.07) is 16.4. The van der Waals surface area contributed by atoms with E-state index in [1.165, 1.54) is 56.7 Å². The van der Waals surface area contributed by atoms with Gasteiger partial charge in [-0.25, -0.2) is 8.42 Å². The van der Waals surface area contributed by atoms with Crippen molar-refractivity contribution in [1.29, 1.82) is 0 Å². The minimum atomic E-state index is -4.03. The first-order valence-electron chi connectivity index (χ1n) is 9.81. The minimum Gasteiger partial charge on any atom is -0.495 e. The number of benzene rings is 3. The Morgan fingerprint density at radius 2 is 1.59 bits per heavy atom. The zero-order valence-electron chi connectivity index (χ0n) is 18.2. The van der Waals surface area contributed by atoms with Crippen LogP contribution in [-0.4, -0.2) is 33.5 Å². The third-order valence-corrected chi connectivity index (χ3v) is 6.00. The molecule has 1 amide bonds. The summed E-state index contributed by atoms with van der Waals surface area (Å²) in [4.78, 5) is 22.9. The molecule has 0 fully saturated rings. The van der Waals surface area contributed by atoms with Crippen molar-refractivity contribution in [1.82, 2.24) is 0 Å². The topological polar surface area (TPSA) is 137 Å². The Labute approximate surface area is 196 Å². The number of anilines is 2. The number of hydrogen-bond acceptors (Lipinski definition) is 7. The molecule has 0 atom stereocenters. The molecular formula is C23H21N3O7S. The van der Waals surface area contributed by atoms with E-state index in [9.17, 15) is 23.3 Å². The molecular weight excluding hydrogens is 462 g/mol. The fraction of sp³-hybridized carbons (Fsp3) is 0.0870. The van der Waals surface area contributed by atoms with Crippen molar-refractivity contribution in [3.63, 3.8) is 0 Å². The number of carbonyl (C=O) groups is 1. The van der Waals surface area contributed by atoms with Crippen molar-refractivity contribution in [3.05, 3.63) is 88.5 Å². The van der Waals surface area contributed by atoms with E-state index >= 15 is 0 Å². The highest BCUT2D eigenvalue weighted by molar-refractivity contribution is 7.92. The molecule has 3 aromatic rings. The van der Waals surface area contributed by atoms with Crippen molar-refractivity contribution in [2.45, 2.75) is 4.90 Å². The summed E-state index contributed by atoms with van der Waals surface area (Å²) in [7, 11) is -1.24. The maximum Gasteiger partial charge on any atom is 0.276 e. The van der Waals surface area contributed by atoms with Gasteiger partial charge >= 0.3 is 0 Å². The summed E-state index contributed by atoms with van der Waals surface area (Å²) in [5.74, 6) is -0.0689. The van der Waals surface area contributed by atoms with Crippen LogP contribution in [0.5, 0.6) is 11.5 Å². The van der Waals surface area contributed by atoms with Gasteiger partial charge in [0.15, 0.2) is 0 Å². The van der Waals surface area contributed by atoms with Crippen LogP contribution >= 0.6 is 0 Å². The van der Waals surface area contributed by atoms with E-state index in [2.05, 4.69) is 10.0 Å². The second-order valence-electron chi connectivity index (χ2n) is 6.81. The number of ether oxygens (including phenoxy) is 2. The number of carbonyl (C=O) groups excluding carboxylic acids is 1. The minimum absolute atomic E-state index is 0.0996. The van der Waals surface area contributed by atoms with Crippen LogP contribution in [0, 0.1) is 10.1 Å². The largest absolute Gasteiger partial charge is 0.495 e. The maximum atomic E-state index is 12.9. The summed E-state index contributed by atoms with van der Waals surface area (Å²) in [5.41, 5.74) is 0.438. The van der Waals surface area contributed by atoms with Gasteiger partial charge in [0.05, 0.1) is 41.0 Å². The van der Waals surface area contributed by atoms with Crippen LogP contribution in [-0.2, 0) is 14.8 Å². The number of hydrogen-bond donors (Lipinski definition) is 2. The van der Waals surface area contributed by atoms with Crippen molar-refractivity contribution in [2.24, 2.45) is 0 Å². The van der Waals surface area contributed by atoms with E-state index in [4.69, 9.17) is 9.47 Å². The smallest absolute Gasteiger partial charge is 0.276 e. The molecule has 0 aromatic heterocycles. The van der Waals surface area contributed by atoms with E-state index in [0.29, 0.717) is 5.75 Å². The van der Waals surface area contributed by atoms with Crippen LogP contribution in [0.4, 0.5) is 17.1 Å². The fourth-order valence-electron chi connectivity index (χ4n) is 3.02. The van der Waals surface area contributed by atoms with Crippen LogP contribution in [0.1, 0.15) is 5.56 Å². The van der Waals surface area contributed by atoms with Gasteiger partial charge in [-0.1, -0.05) is 24.3 Å². The Kier molecular flexibility index (Phi) is 7.49. The zero-order chi connectivity index (χ0) is 24.7. The Morgan fingerprint density at radius 1 is 0.941 bits per heavy atom. The second-order valence-corrected chi connectivity index (χ2v) is 8.49. The van der Waals surface area contributed by atoms with Gasteiger partial charge in [-0.15, -0.1) is 0 Å². The van der Waals surface area contributed by atoms with Crippen LogP contribution in [0.15, 0.2) is 77.7 Å². The highest BCUT2D eigenvalue weighted by Crippen LogP contribution is 2.30. The standard InChI is InChI=1S/C23H21N3O7S/c1-32-21-10-6-4-8-18(21)25-34(30,31)17-12-13-22(33-2)19(15-17)24-23(27)14-11-16-7-3-5-9-20(16)26(28)29/h3-15,25H,1-2H3,(H,24,27)/b14-11+. The number of nitro benzene ring substituents is 1. The number of methoxy groups -OCH3 is 2. The van der Waals surface area contributed by atoms with Gasteiger partial charge in [0.2, 0.25) is 5.91 Å². The monoisotopic (exact) mass is 483 g/mol. The molecule has 10 nitrogen and oxygen atoms in total. The molecule has 2 N–H and O–H groups in total. The van der Waals surface area contributed by atoms with Crippen LogP contribution < -0.4 is 19.5 Å². The van der Waals surface area contributed by atoms with Gasteiger partial charge in [0.25, 0.3) is 15.7 Å². The van der Waals surface area contributed by atoms with Gasteiger partial charge < -0.3 is 14.8 Å². The number of para-hydroxylation sites is 3. The second kappa shape index (κ2) is 10.5. The molecule has 34 heavy (non-hydrogen) atoms. The van der Waals surface area contributed by atoms with Crippen molar-refractivity contribution < 1.29 is 27.6 Å². The number of nitro groups is 1. The third kappa shape index (κ3) is 5.70. The van der Waals surface area contributed by atoms with Gasteiger partial charge in [0, 0.05) is 12.1 Å². The van der Waals surface area contributed by atoms with E-state index in [1.807, 2.05) is 0 Å². The lowest BCUT2D eigenvalue weighted by Crippen LogP contribution is -2.15. The van der Waals surface area contributed by atoms with E-state index in [0.717, 1.165) is 6.08 Å². The Balaban J connectivity index is 1.85. The Bertz CT molecular complexity index is 1350. The first-order valence-corrected chi connectivity index (χ1v) is 11.3. The molecule has 0 saturated heterocycles. The molecule has 0 bridgehead atoms. The number of rotatable bonds is 9. The number of nitrogens with zero attached hydrogens (tertiary/aromatic N) is 1. The summed E-state index contributed by atoms with van der Waals surface area (Å²) in [6.07, 6.45) is 2.40. The molecule has 3 aromatic carbocycles. The predicted molar refractivity (Wildman–Crippen MR) is 128 cm³/mol. The first-order chi connectivity index (χ1) is 16.2. The molecule has 0 aliphatic heterocycles. The average Bonchev–Trinajstić information content (AvgIpc) is 2.83. The first kappa shape index (κ1) is 24.3. The Hall–Kier alpha value is -4.38. The lowest BCUT2D eigenvalue weighted by atomic mass is 10.1. The van der Waals surface area contributed by atoms with Gasteiger partial charge in [-0.2, -0.15) is 0 Å². The molecule has 0 heterocycles. The van der Waals surface area contributed by atoms with E-state index in [-0.39, 0.29) is 33.3 Å². The van der Waals surface area contributed by atoms with Crippen LogP contribution in [0.3, 0.4) is 0 Å². The molecule has 0 spiro atoms. The molecule has 0 unspecified atom stereocenters. The number of amides is 1. The fourth-order valence-corrected chi connectivity index (χ4v) is 4.12. The summed E-state index contributed by atoms with van der Waals surface area (Å²) < 4.78 is 38.7. The number of nitrogens with one attached hydrogen (secondary N) is 2. The molecule has 11 heteroatoms. The summed E-state index contributed by atoms with van der Waals surface area (Å²) in [5, 5.41) is 13.7. The van der Waals surface area contributed by atoms with Crippen molar-refractivity contribution in [2.75, 3.05) is 24.3 Å².